The molecule has 3 heteroatoms. The number of likely N-dealkylation sites (tertiary alicyclic amines) is 1. The molecular weight excluding hydrogens is 230 g/mol. The molecule has 0 radical (unpaired) electrons. The van der Waals surface area contributed by atoms with Gasteiger partial charge in [0.2, 0.25) is 0 Å². The smallest absolute Gasteiger partial charge is 0.0667 e. The molecule has 0 saturated carbocycles. The normalized spacial score (nSPS) is 27.2. The third-order valence-electron chi connectivity index (χ3n) is 2.60. The maximum Gasteiger partial charge on any atom is 0.0667 e. The quantitative estimate of drug-likeness (QED) is 0.827. The van der Waals surface area contributed by atoms with Crippen molar-refractivity contribution in [1.29, 1.82) is 0 Å². The summed E-state index contributed by atoms with van der Waals surface area (Å²) in [4.78, 5) is 2.31. The molecular formula is C10H18BrNO. The van der Waals surface area contributed by atoms with Crippen molar-refractivity contribution in [2.24, 2.45) is 0 Å². The molecule has 13 heavy (non-hydrogen) atoms. The molecule has 2 nitrogen and oxygen atoms in total. The van der Waals surface area contributed by atoms with Crippen LogP contribution in [0.4, 0.5) is 0 Å². The molecule has 1 fully saturated rings. The lowest BCUT2D eigenvalue weighted by atomic mass is 9.98. The summed E-state index contributed by atoms with van der Waals surface area (Å²) < 4.78 is 1.00. The zero-order chi connectivity index (χ0) is 9.84. The van der Waals surface area contributed by atoms with Crippen molar-refractivity contribution in [3.05, 3.63) is 11.1 Å². The van der Waals surface area contributed by atoms with Crippen LogP contribution in [0.3, 0.4) is 0 Å². The van der Waals surface area contributed by atoms with E-state index in [0.717, 1.165) is 24.0 Å². The summed E-state index contributed by atoms with van der Waals surface area (Å²) in [5, 5.41) is 9.57. The van der Waals surface area contributed by atoms with E-state index in [9.17, 15) is 5.11 Å². The first kappa shape index (κ1) is 11.2. The highest BCUT2D eigenvalue weighted by Crippen LogP contribution is 2.21. The van der Waals surface area contributed by atoms with Gasteiger partial charge in [0.1, 0.15) is 0 Å². The lowest BCUT2D eigenvalue weighted by Gasteiger charge is -2.37. The molecule has 1 saturated heterocycles. The molecule has 0 amide bonds. The Morgan fingerprint density at radius 2 is 2.38 bits per heavy atom. The van der Waals surface area contributed by atoms with Crippen LogP contribution in [0.15, 0.2) is 11.1 Å². The molecule has 2 atom stereocenters. The molecule has 1 aliphatic heterocycles. The number of halogens is 1. The summed E-state index contributed by atoms with van der Waals surface area (Å²) in [6, 6.07) is 0.322. The molecule has 0 aromatic heterocycles. The van der Waals surface area contributed by atoms with E-state index < -0.39 is 0 Å². The Labute approximate surface area is 88.7 Å². The number of aliphatic hydroxyl groups excluding tert-OH is 1. The van der Waals surface area contributed by atoms with Gasteiger partial charge in [-0.05, 0) is 26.3 Å². The van der Waals surface area contributed by atoms with Gasteiger partial charge in [-0.1, -0.05) is 28.9 Å². The predicted molar refractivity (Wildman–Crippen MR) is 59.0 cm³/mol. The number of hydrogen-bond acceptors (Lipinski definition) is 2. The molecule has 1 rings (SSSR count). The van der Waals surface area contributed by atoms with Crippen molar-refractivity contribution in [3.63, 3.8) is 0 Å². The Hall–Kier alpha value is 0.140. The van der Waals surface area contributed by atoms with Gasteiger partial charge in [-0.15, -0.1) is 0 Å². The molecule has 0 aliphatic carbocycles. The van der Waals surface area contributed by atoms with Gasteiger partial charge in [0.15, 0.2) is 0 Å². The van der Waals surface area contributed by atoms with E-state index in [0.29, 0.717) is 6.04 Å². The van der Waals surface area contributed by atoms with Crippen LogP contribution in [0.25, 0.3) is 0 Å². The molecule has 0 spiro atoms. The molecule has 0 bridgehead atoms. The lowest BCUT2D eigenvalue weighted by Crippen LogP contribution is -2.46. The molecule has 1 aliphatic rings. The third kappa shape index (κ3) is 3.41. The van der Waals surface area contributed by atoms with Gasteiger partial charge >= 0.3 is 0 Å². The average molecular weight is 248 g/mol. The first-order valence-corrected chi connectivity index (χ1v) is 5.66. The fourth-order valence-electron chi connectivity index (χ4n) is 1.98. The zero-order valence-corrected chi connectivity index (χ0v) is 9.76. The Morgan fingerprint density at radius 3 is 2.92 bits per heavy atom. The molecule has 1 N–H and O–H groups in total. The molecule has 0 aromatic rings. The molecule has 76 valence electrons. The monoisotopic (exact) mass is 247 g/mol. The maximum absolute atomic E-state index is 9.57. The van der Waals surface area contributed by atoms with Gasteiger partial charge in [0.25, 0.3) is 0 Å². The van der Waals surface area contributed by atoms with Crippen molar-refractivity contribution in [3.8, 4) is 0 Å². The van der Waals surface area contributed by atoms with Crippen molar-refractivity contribution in [1.82, 2.24) is 4.90 Å². The SMILES string of the molecule is C=C(Br)CN1CCCC[C@@H]1[C@@H](C)O. The second kappa shape index (κ2) is 5.13. The van der Waals surface area contributed by atoms with Crippen molar-refractivity contribution < 1.29 is 5.11 Å². The number of piperidine rings is 1. The topological polar surface area (TPSA) is 23.5 Å². The number of hydrogen-bond donors (Lipinski definition) is 1. The van der Waals surface area contributed by atoms with Crippen LogP contribution in [0.2, 0.25) is 0 Å². The van der Waals surface area contributed by atoms with Crippen LogP contribution >= 0.6 is 15.9 Å². The minimum atomic E-state index is -0.229. The van der Waals surface area contributed by atoms with E-state index in [1.165, 1.54) is 12.8 Å². The van der Waals surface area contributed by atoms with Crippen LogP contribution in [-0.4, -0.2) is 35.2 Å². The highest BCUT2D eigenvalue weighted by Gasteiger charge is 2.25. The molecule has 0 aromatic carbocycles. The van der Waals surface area contributed by atoms with Gasteiger partial charge in [0.05, 0.1) is 6.10 Å². The molecule has 1 heterocycles. The molecule has 0 unspecified atom stereocenters. The maximum atomic E-state index is 9.57. The number of rotatable bonds is 3. The van der Waals surface area contributed by atoms with E-state index in [2.05, 4.69) is 27.4 Å². The van der Waals surface area contributed by atoms with Gasteiger partial charge in [-0.25, -0.2) is 0 Å². The standard InChI is InChI=1S/C10H18BrNO/c1-8(11)7-12-6-4-3-5-10(12)9(2)13/h9-10,13H,1,3-7H2,2H3/t9-,10-/m1/s1. The number of aliphatic hydroxyl groups is 1. The second-order valence-corrected chi connectivity index (χ2v) is 4.91. The van der Waals surface area contributed by atoms with Crippen molar-refractivity contribution in [2.75, 3.05) is 13.1 Å². The number of nitrogens with zero attached hydrogens (tertiary/aromatic N) is 1. The Kier molecular flexibility index (Phi) is 4.42. The van der Waals surface area contributed by atoms with Gasteiger partial charge in [0, 0.05) is 17.1 Å². The van der Waals surface area contributed by atoms with E-state index in [4.69, 9.17) is 0 Å². The van der Waals surface area contributed by atoms with Crippen LogP contribution in [-0.2, 0) is 0 Å². The van der Waals surface area contributed by atoms with Crippen LogP contribution in [0.5, 0.6) is 0 Å². The minimum Gasteiger partial charge on any atom is -0.392 e. The lowest BCUT2D eigenvalue weighted by molar-refractivity contribution is 0.0435. The largest absolute Gasteiger partial charge is 0.392 e. The zero-order valence-electron chi connectivity index (χ0n) is 8.17. The summed E-state index contributed by atoms with van der Waals surface area (Å²) >= 11 is 3.37. The van der Waals surface area contributed by atoms with Crippen molar-refractivity contribution >= 4 is 15.9 Å². The highest BCUT2D eigenvalue weighted by atomic mass is 79.9. The fraction of sp³-hybridized carbons (Fsp3) is 0.800. The Balaban J connectivity index is 2.51. The summed E-state index contributed by atoms with van der Waals surface area (Å²) in [5.74, 6) is 0. The first-order valence-electron chi connectivity index (χ1n) is 4.86. The van der Waals surface area contributed by atoms with Crippen LogP contribution < -0.4 is 0 Å². The van der Waals surface area contributed by atoms with Gasteiger partial charge < -0.3 is 5.11 Å². The van der Waals surface area contributed by atoms with Crippen LogP contribution in [0.1, 0.15) is 26.2 Å². The first-order chi connectivity index (χ1) is 6.11. The summed E-state index contributed by atoms with van der Waals surface area (Å²) in [6.07, 6.45) is 3.36. The minimum absolute atomic E-state index is 0.229. The fourth-order valence-corrected chi connectivity index (χ4v) is 2.30. The average Bonchev–Trinajstić information content (AvgIpc) is 2.03. The summed E-state index contributed by atoms with van der Waals surface area (Å²) in [7, 11) is 0. The van der Waals surface area contributed by atoms with E-state index in [1.54, 1.807) is 0 Å². The van der Waals surface area contributed by atoms with E-state index in [1.807, 2.05) is 6.92 Å². The van der Waals surface area contributed by atoms with E-state index >= 15 is 0 Å². The Morgan fingerprint density at radius 1 is 1.69 bits per heavy atom. The summed E-state index contributed by atoms with van der Waals surface area (Å²) in [5.41, 5.74) is 0. The third-order valence-corrected chi connectivity index (χ3v) is 2.85. The summed E-state index contributed by atoms with van der Waals surface area (Å²) in [6.45, 7) is 7.65. The Bertz CT molecular complexity index is 182. The van der Waals surface area contributed by atoms with E-state index in [-0.39, 0.29) is 6.10 Å². The second-order valence-electron chi connectivity index (χ2n) is 3.79. The predicted octanol–water partition coefficient (Wildman–Crippen LogP) is 2.13. The van der Waals surface area contributed by atoms with Crippen molar-refractivity contribution in [2.45, 2.75) is 38.3 Å². The highest BCUT2D eigenvalue weighted by molar-refractivity contribution is 9.11. The van der Waals surface area contributed by atoms with Gasteiger partial charge in [-0.3, -0.25) is 4.90 Å². The van der Waals surface area contributed by atoms with Crippen LogP contribution in [0, 0.1) is 0 Å². The van der Waals surface area contributed by atoms with Gasteiger partial charge in [-0.2, -0.15) is 0 Å².